The van der Waals surface area contributed by atoms with E-state index in [4.69, 9.17) is 4.42 Å². The van der Waals surface area contributed by atoms with E-state index < -0.39 is 16.5 Å². The van der Waals surface area contributed by atoms with Crippen molar-refractivity contribution >= 4 is 17.7 Å². The molecule has 0 aliphatic heterocycles. The summed E-state index contributed by atoms with van der Waals surface area (Å²) < 4.78 is 5.09. The van der Waals surface area contributed by atoms with Crippen molar-refractivity contribution in [1.29, 1.82) is 0 Å². The van der Waals surface area contributed by atoms with Crippen molar-refractivity contribution in [3.05, 3.63) is 45.0 Å². The van der Waals surface area contributed by atoms with Crippen LogP contribution in [0.1, 0.15) is 12.7 Å². The van der Waals surface area contributed by atoms with Crippen molar-refractivity contribution < 1.29 is 9.21 Å². The molecule has 20 heavy (non-hydrogen) atoms. The molecule has 106 valence electrons. The first-order valence-electron chi connectivity index (χ1n) is 5.72. The van der Waals surface area contributed by atoms with Crippen molar-refractivity contribution in [2.45, 2.75) is 23.7 Å². The number of thioether (sulfide) groups is 1. The van der Waals surface area contributed by atoms with Gasteiger partial charge in [-0.05, 0) is 19.1 Å². The maximum Gasteiger partial charge on any atom is 0.342 e. The molecule has 0 fully saturated rings. The standard InChI is InChI=1S/C11H12N4O4S/c1-6(8(16)12-5-7-3-2-4-19-7)20-10-9(17)13-11(18)15-14-10/h2-4,6H,5H2,1H3,(H,12,16)(H2,13,15,17,18). The van der Waals surface area contributed by atoms with Gasteiger partial charge in [-0.15, -0.1) is 0 Å². The Labute approximate surface area is 117 Å². The molecule has 0 saturated carbocycles. The summed E-state index contributed by atoms with van der Waals surface area (Å²) in [5.74, 6) is 0.370. The van der Waals surface area contributed by atoms with Crippen molar-refractivity contribution in [3.63, 3.8) is 0 Å². The topological polar surface area (TPSA) is 121 Å². The number of hydrogen-bond donors (Lipinski definition) is 3. The van der Waals surface area contributed by atoms with Crippen LogP contribution in [0.2, 0.25) is 0 Å². The molecule has 0 aromatic carbocycles. The molecule has 2 heterocycles. The number of aromatic amines is 2. The van der Waals surface area contributed by atoms with Gasteiger partial charge < -0.3 is 9.73 Å². The molecule has 0 aliphatic rings. The van der Waals surface area contributed by atoms with Crippen LogP contribution in [-0.2, 0) is 11.3 Å². The zero-order chi connectivity index (χ0) is 14.5. The Hall–Kier alpha value is -2.29. The molecule has 8 nitrogen and oxygen atoms in total. The highest BCUT2D eigenvalue weighted by Crippen LogP contribution is 2.16. The van der Waals surface area contributed by atoms with Crippen LogP contribution < -0.4 is 16.6 Å². The van der Waals surface area contributed by atoms with Crippen molar-refractivity contribution in [3.8, 4) is 0 Å². The lowest BCUT2D eigenvalue weighted by Crippen LogP contribution is -2.32. The van der Waals surface area contributed by atoms with Gasteiger partial charge >= 0.3 is 5.69 Å². The number of rotatable bonds is 5. The average Bonchev–Trinajstić information content (AvgIpc) is 2.92. The summed E-state index contributed by atoms with van der Waals surface area (Å²) in [4.78, 5) is 36.1. The fourth-order valence-electron chi connectivity index (χ4n) is 1.37. The summed E-state index contributed by atoms with van der Waals surface area (Å²) in [6, 6.07) is 3.47. The number of hydrogen-bond acceptors (Lipinski definition) is 6. The Morgan fingerprint density at radius 3 is 3.00 bits per heavy atom. The molecule has 2 aromatic heterocycles. The Morgan fingerprint density at radius 2 is 2.35 bits per heavy atom. The molecule has 0 aliphatic carbocycles. The molecular formula is C11H12N4O4S. The van der Waals surface area contributed by atoms with Gasteiger partial charge in [0, 0.05) is 0 Å². The summed E-state index contributed by atoms with van der Waals surface area (Å²) in [7, 11) is 0. The lowest BCUT2D eigenvalue weighted by atomic mass is 10.4. The van der Waals surface area contributed by atoms with Gasteiger partial charge in [-0.1, -0.05) is 11.8 Å². The van der Waals surface area contributed by atoms with E-state index >= 15 is 0 Å². The van der Waals surface area contributed by atoms with E-state index in [2.05, 4.69) is 15.5 Å². The molecule has 3 N–H and O–H groups in total. The largest absolute Gasteiger partial charge is 0.467 e. The average molecular weight is 296 g/mol. The number of nitrogens with one attached hydrogen (secondary N) is 3. The van der Waals surface area contributed by atoms with Gasteiger partial charge in [0.2, 0.25) is 5.91 Å². The van der Waals surface area contributed by atoms with Crippen LogP contribution >= 0.6 is 11.8 Å². The third kappa shape index (κ3) is 3.60. The molecule has 2 rings (SSSR count). The Kier molecular flexibility index (Phi) is 4.41. The Balaban J connectivity index is 1.93. The van der Waals surface area contributed by atoms with Crippen LogP contribution in [0.25, 0.3) is 0 Å². The molecule has 1 atom stereocenters. The molecule has 0 spiro atoms. The molecular weight excluding hydrogens is 284 g/mol. The van der Waals surface area contributed by atoms with E-state index in [0.29, 0.717) is 5.76 Å². The summed E-state index contributed by atoms with van der Waals surface area (Å²) in [5, 5.41) is 7.87. The summed E-state index contributed by atoms with van der Waals surface area (Å²) in [5.41, 5.74) is -1.31. The van der Waals surface area contributed by atoms with E-state index in [-0.39, 0.29) is 17.5 Å². The van der Waals surface area contributed by atoms with Gasteiger partial charge in [0.15, 0.2) is 5.03 Å². The second-order valence-corrected chi connectivity index (χ2v) is 5.20. The summed E-state index contributed by atoms with van der Waals surface area (Å²) in [6.45, 7) is 1.90. The highest BCUT2D eigenvalue weighted by molar-refractivity contribution is 8.00. The predicted octanol–water partition coefficient (Wildman–Crippen LogP) is -0.152. The van der Waals surface area contributed by atoms with Crippen molar-refractivity contribution in [2.75, 3.05) is 0 Å². The predicted molar refractivity (Wildman–Crippen MR) is 71.4 cm³/mol. The second-order valence-electron chi connectivity index (χ2n) is 3.87. The van der Waals surface area contributed by atoms with Crippen LogP contribution in [0.4, 0.5) is 0 Å². The summed E-state index contributed by atoms with van der Waals surface area (Å²) in [6.07, 6.45) is 1.52. The highest BCUT2D eigenvalue weighted by atomic mass is 32.2. The van der Waals surface area contributed by atoms with Crippen LogP contribution in [0.3, 0.4) is 0 Å². The van der Waals surface area contributed by atoms with Gasteiger partial charge in [-0.25, -0.2) is 9.89 Å². The maximum absolute atomic E-state index is 11.8. The molecule has 1 amide bonds. The number of amides is 1. The monoisotopic (exact) mass is 296 g/mol. The van der Waals surface area contributed by atoms with E-state index in [9.17, 15) is 14.4 Å². The number of carbonyl (C=O) groups excluding carboxylic acids is 1. The molecule has 0 radical (unpaired) electrons. The van der Waals surface area contributed by atoms with Crippen LogP contribution in [0.5, 0.6) is 0 Å². The van der Waals surface area contributed by atoms with Crippen LogP contribution in [-0.4, -0.2) is 26.3 Å². The molecule has 9 heteroatoms. The zero-order valence-corrected chi connectivity index (χ0v) is 11.3. The van der Waals surface area contributed by atoms with Crippen molar-refractivity contribution in [1.82, 2.24) is 20.5 Å². The van der Waals surface area contributed by atoms with E-state index in [0.717, 1.165) is 11.8 Å². The van der Waals surface area contributed by atoms with Gasteiger partial charge in [0.25, 0.3) is 5.56 Å². The van der Waals surface area contributed by atoms with Crippen molar-refractivity contribution in [2.24, 2.45) is 0 Å². The van der Waals surface area contributed by atoms with Crippen LogP contribution in [0, 0.1) is 0 Å². The number of carbonyl (C=O) groups is 1. The number of furan rings is 1. The Bertz CT molecular complexity index is 691. The van der Waals surface area contributed by atoms with E-state index in [1.165, 1.54) is 6.26 Å². The van der Waals surface area contributed by atoms with Crippen LogP contribution in [0.15, 0.2) is 37.4 Å². The molecule has 0 bridgehead atoms. The lowest BCUT2D eigenvalue weighted by molar-refractivity contribution is -0.120. The van der Waals surface area contributed by atoms with Gasteiger partial charge in [-0.2, -0.15) is 5.10 Å². The van der Waals surface area contributed by atoms with Gasteiger partial charge in [-0.3, -0.25) is 14.6 Å². The first-order chi connectivity index (χ1) is 9.56. The third-order valence-electron chi connectivity index (χ3n) is 2.35. The minimum Gasteiger partial charge on any atom is -0.467 e. The quantitative estimate of drug-likeness (QED) is 0.660. The molecule has 0 saturated heterocycles. The minimum absolute atomic E-state index is 0.0326. The fourth-order valence-corrected chi connectivity index (χ4v) is 2.15. The number of aromatic nitrogens is 3. The smallest absolute Gasteiger partial charge is 0.342 e. The number of nitrogens with zero attached hydrogens (tertiary/aromatic N) is 1. The highest BCUT2D eigenvalue weighted by Gasteiger charge is 2.17. The lowest BCUT2D eigenvalue weighted by Gasteiger charge is -2.09. The first kappa shape index (κ1) is 14.1. The SMILES string of the molecule is CC(Sc1n[nH]c(=O)[nH]c1=O)C(=O)NCc1ccco1. The van der Waals surface area contributed by atoms with Gasteiger partial charge in [0.1, 0.15) is 5.76 Å². The fraction of sp³-hybridized carbons (Fsp3) is 0.273. The van der Waals surface area contributed by atoms with E-state index in [1.54, 1.807) is 19.1 Å². The first-order valence-corrected chi connectivity index (χ1v) is 6.60. The normalized spacial score (nSPS) is 12.1. The molecule has 1 unspecified atom stereocenters. The van der Waals surface area contributed by atoms with Gasteiger partial charge in [0.05, 0.1) is 18.1 Å². The maximum atomic E-state index is 11.8. The van der Waals surface area contributed by atoms with E-state index in [1.807, 2.05) is 4.98 Å². The number of H-pyrrole nitrogens is 2. The second kappa shape index (κ2) is 6.24. The summed E-state index contributed by atoms with van der Waals surface area (Å²) >= 11 is 0.957. The minimum atomic E-state index is -0.686. The zero-order valence-electron chi connectivity index (χ0n) is 10.5. The molecule has 2 aromatic rings. The third-order valence-corrected chi connectivity index (χ3v) is 3.42. The Morgan fingerprint density at radius 1 is 1.55 bits per heavy atom.